The zero-order chi connectivity index (χ0) is 26.5. The summed E-state index contributed by atoms with van der Waals surface area (Å²) in [6.07, 6.45) is -6.70. The van der Waals surface area contributed by atoms with Gasteiger partial charge in [0, 0.05) is 21.3 Å². The number of hydrogen-bond donors (Lipinski definition) is 1. The van der Waals surface area contributed by atoms with Gasteiger partial charge in [-0.25, -0.2) is 0 Å². The molecule has 0 aromatic rings. The van der Waals surface area contributed by atoms with Crippen molar-refractivity contribution in [3.63, 3.8) is 0 Å². The summed E-state index contributed by atoms with van der Waals surface area (Å²) < 4.78 is 66.4. The van der Waals surface area contributed by atoms with Gasteiger partial charge in [-0.2, -0.15) is 0 Å². The van der Waals surface area contributed by atoms with Crippen molar-refractivity contribution in [1.82, 2.24) is 0 Å². The molecule has 0 saturated carbocycles. The predicted octanol–water partition coefficient (Wildman–Crippen LogP) is 0.914. The molecule has 4 aliphatic rings. The number of rotatable bonds is 9. The predicted molar refractivity (Wildman–Crippen MR) is 122 cm³/mol. The van der Waals surface area contributed by atoms with Crippen LogP contribution in [-0.4, -0.2) is 118 Å². The highest BCUT2D eigenvalue weighted by Gasteiger charge is 2.59. The van der Waals surface area contributed by atoms with Crippen molar-refractivity contribution in [3.8, 4) is 0 Å². The Morgan fingerprint density at radius 2 is 1.42 bits per heavy atom. The van der Waals surface area contributed by atoms with Crippen molar-refractivity contribution in [2.45, 2.75) is 120 Å². The van der Waals surface area contributed by atoms with E-state index in [1.165, 1.54) is 14.2 Å². The molecule has 0 amide bonds. The second-order valence-electron chi connectivity index (χ2n) is 10.9. The molecule has 12 heteroatoms. The van der Waals surface area contributed by atoms with Crippen LogP contribution in [0.2, 0.25) is 0 Å². The van der Waals surface area contributed by atoms with Crippen LogP contribution >= 0.6 is 0 Å². The largest absolute Gasteiger partial charge is 0.394 e. The summed E-state index contributed by atoms with van der Waals surface area (Å²) in [5, 5.41) is 10.1. The fourth-order valence-electron chi connectivity index (χ4n) is 5.40. The second-order valence-corrected chi connectivity index (χ2v) is 10.9. The quantitative estimate of drug-likeness (QED) is 0.433. The molecule has 1 N–H and O–H groups in total. The molecule has 0 spiro atoms. The van der Waals surface area contributed by atoms with Crippen LogP contribution < -0.4 is 0 Å². The monoisotopic (exact) mass is 522 g/mol. The average Bonchev–Trinajstić information content (AvgIpc) is 3.43. The molecule has 4 fully saturated rings. The Kier molecular flexibility index (Phi) is 8.39. The van der Waals surface area contributed by atoms with Crippen LogP contribution in [0.1, 0.15) is 41.5 Å². The molecule has 0 aliphatic carbocycles. The van der Waals surface area contributed by atoms with Crippen molar-refractivity contribution in [2.24, 2.45) is 0 Å². The van der Waals surface area contributed by atoms with Crippen LogP contribution in [0, 0.1) is 0 Å². The molecule has 4 rings (SSSR count). The van der Waals surface area contributed by atoms with E-state index >= 15 is 0 Å². The number of fused-ring (bicyclic) bond motifs is 1. The first kappa shape index (κ1) is 28.5. The third-order valence-corrected chi connectivity index (χ3v) is 6.79. The van der Waals surface area contributed by atoms with E-state index in [1.807, 2.05) is 41.5 Å². The third-order valence-electron chi connectivity index (χ3n) is 6.79. The highest BCUT2D eigenvalue weighted by atomic mass is 16.8. The van der Waals surface area contributed by atoms with E-state index in [1.54, 1.807) is 7.11 Å². The van der Waals surface area contributed by atoms with E-state index in [4.69, 9.17) is 52.1 Å². The van der Waals surface area contributed by atoms with Crippen molar-refractivity contribution >= 4 is 0 Å². The second kappa shape index (κ2) is 10.6. The zero-order valence-electron chi connectivity index (χ0n) is 22.6. The van der Waals surface area contributed by atoms with E-state index in [9.17, 15) is 5.11 Å². The van der Waals surface area contributed by atoms with Crippen molar-refractivity contribution in [1.29, 1.82) is 0 Å². The van der Waals surface area contributed by atoms with Gasteiger partial charge in [0.2, 0.25) is 0 Å². The Morgan fingerprint density at radius 1 is 0.806 bits per heavy atom. The molecule has 9 unspecified atom stereocenters. The molecule has 0 aromatic carbocycles. The number of ether oxygens (including phenoxy) is 11. The van der Waals surface area contributed by atoms with Gasteiger partial charge in [0.25, 0.3) is 0 Å². The molecule has 210 valence electrons. The molecular weight excluding hydrogens is 480 g/mol. The maximum absolute atomic E-state index is 10.1. The maximum Gasteiger partial charge on any atom is 0.187 e. The van der Waals surface area contributed by atoms with Crippen LogP contribution in [0.25, 0.3) is 0 Å². The van der Waals surface area contributed by atoms with Gasteiger partial charge < -0.3 is 57.2 Å². The van der Waals surface area contributed by atoms with Gasteiger partial charge in [-0.3, -0.25) is 0 Å². The summed E-state index contributed by atoms with van der Waals surface area (Å²) in [5.74, 6) is -2.64. The Balaban J connectivity index is 1.65. The van der Waals surface area contributed by atoms with Gasteiger partial charge in [-0.15, -0.1) is 0 Å². The number of aliphatic hydroxyl groups excluding tert-OH is 1. The normalized spacial score (nSPS) is 42.1. The first-order valence-corrected chi connectivity index (χ1v) is 12.4. The van der Waals surface area contributed by atoms with Crippen LogP contribution in [0.4, 0.5) is 0 Å². The highest BCUT2D eigenvalue weighted by Crippen LogP contribution is 2.42. The third kappa shape index (κ3) is 5.75. The van der Waals surface area contributed by atoms with Crippen LogP contribution in [-0.2, 0) is 52.1 Å². The average molecular weight is 523 g/mol. The van der Waals surface area contributed by atoms with E-state index in [0.717, 1.165) is 0 Å². The molecule has 0 aromatic heterocycles. The summed E-state index contributed by atoms with van der Waals surface area (Å²) in [6.45, 7) is 10.9. The lowest BCUT2D eigenvalue weighted by atomic mass is 9.98. The SMILES string of the molecule is COC(OC)C1OC(C)(C)OC1C(OC1OC(CO)C2OC(C)(C)OC2C1OC)C1COC(C)(C)O1. The Bertz CT molecular complexity index is 741. The lowest BCUT2D eigenvalue weighted by Crippen LogP contribution is -2.61. The summed E-state index contributed by atoms with van der Waals surface area (Å²) in [6, 6.07) is 0. The lowest BCUT2D eigenvalue weighted by molar-refractivity contribution is -0.319. The van der Waals surface area contributed by atoms with Gasteiger partial charge in [0.15, 0.2) is 29.9 Å². The van der Waals surface area contributed by atoms with E-state index in [0.29, 0.717) is 0 Å². The van der Waals surface area contributed by atoms with Crippen molar-refractivity contribution in [3.05, 3.63) is 0 Å². The highest BCUT2D eigenvalue weighted by molar-refractivity contribution is 5.00. The summed E-state index contributed by atoms with van der Waals surface area (Å²) >= 11 is 0. The first-order valence-electron chi connectivity index (χ1n) is 12.4. The molecule has 9 atom stereocenters. The number of aliphatic hydroxyl groups is 1. The van der Waals surface area contributed by atoms with Crippen LogP contribution in [0.15, 0.2) is 0 Å². The Hall–Kier alpha value is -0.480. The number of hydrogen-bond acceptors (Lipinski definition) is 12. The van der Waals surface area contributed by atoms with E-state index in [-0.39, 0.29) is 13.2 Å². The Morgan fingerprint density at radius 3 is 1.97 bits per heavy atom. The summed E-state index contributed by atoms with van der Waals surface area (Å²) in [7, 11) is 4.62. The summed E-state index contributed by atoms with van der Waals surface area (Å²) in [4.78, 5) is 0. The van der Waals surface area contributed by atoms with E-state index < -0.39 is 78.8 Å². The smallest absolute Gasteiger partial charge is 0.187 e. The lowest BCUT2D eigenvalue weighted by Gasteiger charge is -2.43. The van der Waals surface area contributed by atoms with Crippen LogP contribution in [0.5, 0.6) is 0 Å². The topological polar surface area (TPSA) is 122 Å². The molecule has 36 heavy (non-hydrogen) atoms. The maximum atomic E-state index is 10.1. The van der Waals surface area contributed by atoms with Crippen molar-refractivity contribution in [2.75, 3.05) is 34.5 Å². The van der Waals surface area contributed by atoms with Gasteiger partial charge in [0.1, 0.15) is 48.8 Å². The zero-order valence-corrected chi connectivity index (χ0v) is 22.6. The standard InChI is InChI=1S/C24H42O12/c1-22(2)29-11-13(32-22)14(16-19(20(27-8)28-9)36-24(5,6)34-16)31-21-18(26-7)17-15(12(10-25)30-21)33-23(3,4)35-17/h12-21,25H,10-11H2,1-9H3. The molecule has 0 bridgehead atoms. The molecule has 4 saturated heterocycles. The van der Waals surface area contributed by atoms with Gasteiger partial charge in [0.05, 0.1) is 13.2 Å². The molecule has 12 nitrogen and oxygen atoms in total. The molecule has 4 aliphatic heterocycles. The Labute approximate surface area is 212 Å². The minimum Gasteiger partial charge on any atom is -0.394 e. The van der Waals surface area contributed by atoms with Gasteiger partial charge in [-0.05, 0) is 41.5 Å². The minimum atomic E-state index is -0.945. The first-order chi connectivity index (χ1) is 16.8. The fraction of sp³-hybridized carbons (Fsp3) is 1.00. The molecule has 0 radical (unpaired) electrons. The van der Waals surface area contributed by atoms with E-state index in [2.05, 4.69) is 0 Å². The van der Waals surface area contributed by atoms with Gasteiger partial charge in [-0.1, -0.05) is 0 Å². The van der Waals surface area contributed by atoms with Crippen LogP contribution in [0.3, 0.4) is 0 Å². The minimum absolute atomic E-state index is 0.252. The van der Waals surface area contributed by atoms with Gasteiger partial charge >= 0.3 is 0 Å². The molecular formula is C24H42O12. The van der Waals surface area contributed by atoms with Crippen molar-refractivity contribution < 1.29 is 57.2 Å². The summed E-state index contributed by atoms with van der Waals surface area (Å²) in [5.41, 5.74) is 0. The molecule has 4 heterocycles. The number of methoxy groups -OCH3 is 3. The fourth-order valence-corrected chi connectivity index (χ4v) is 5.40.